The van der Waals surface area contributed by atoms with E-state index in [4.69, 9.17) is 0 Å². The minimum absolute atomic E-state index is 0.501. The third-order valence-corrected chi connectivity index (χ3v) is 16.6. The summed E-state index contributed by atoms with van der Waals surface area (Å²) < 4.78 is 2.49. The zero-order chi connectivity index (χ0) is 46.9. The highest BCUT2D eigenvalue weighted by Crippen LogP contribution is 2.62. The maximum absolute atomic E-state index is 3.64. The van der Waals surface area contributed by atoms with Crippen LogP contribution in [0.1, 0.15) is 22.3 Å². The topological polar surface area (TPSA) is 6.48 Å². The Labute approximate surface area is 422 Å². The number of benzene rings is 10. The third-order valence-electron chi connectivity index (χ3n) is 14.4. The fourth-order valence-corrected chi connectivity index (χ4v) is 13.5. The summed E-state index contributed by atoms with van der Waals surface area (Å²) >= 11 is 3.69. The molecule has 1 aromatic heterocycles. The molecule has 11 aromatic carbocycles. The zero-order valence-electron chi connectivity index (χ0n) is 38.5. The Morgan fingerprint density at radius 1 is 0.338 bits per heavy atom. The maximum Gasteiger partial charge on any atom is 0.0814 e. The lowest BCUT2D eigenvalue weighted by Gasteiger charge is -2.38. The minimum atomic E-state index is -0.501. The first-order valence-electron chi connectivity index (χ1n) is 24.1. The number of hydrogen-bond donors (Lipinski definition) is 0. The molecule has 0 saturated carbocycles. The Morgan fingerprint density at radius 2 is 0.803 bits per heavy atom. The summed E-state index contributed by atoms with van der Waals surface area (Å²) in [6, 6.07) is 100. The second kappa shape index (κ2) is 16.8. The summed E-state index contributed by atoms with van der Waals surface area (Å²) in [5.41, 5.74) is 18.5. The van der Waals surface area contributed by atoms with Crippen LogP contribution < -0.4 is 9.80 Å². The highest BCUT2D eigenvalue weighted by molar-refractivity contribution is 7.99. The van der Waals surface area contributed by atoms with Crippen molar-refractivity contribution in [3.63, 3.8) is 0 Å². The number of rotatable bonds is 8. The van der Waals surface area contributed by atoms with Crippen molar-refractivity contribution in [2.45, 2.75) is 15.2 Å². The van der Waals surface area contributed by atoms with Crippen molar-refractivity contribution in [1.29, 1.82) is 0 Å². The molecule has 2 nitrogen and oxygen atoms in total. The standard InChI is InChI=1S/C67H42N2S2/c1-4-16-45(17-5-1)47-28-32-50(33-29-47)68(51-34-30-48(31-35-51)46-18-6-2-7-19-46)53-36-39-56-57-40-37-54(44-66(57)71-65(56)43-53)69(49-20-8-3-9-21-49)52-38-41-60-58(42-52)55-22-10-11-23-59(55)67(60)61-24-12-14-26-63(61)70-64-27-15-13-25-62(64)67/h1-12,14-24,26-44H. The fraction of sp³-hybridized carbons (Fsp3) is 0.0149. The van der Waals surface area contributed by atoms with Gasteiger partial charge in [-0.2, -0.15) is 0 Å². The Kier molecular flexibility index (Phi) is 9.81. The van der Waals surface area contributed by atoms with Crippen LogP contribution in [-0.4, -0.2) is 0 Å². The van der Waals surface area contributed by atoms with Gasteiger partial charge in [0.15, 0.2) is 0 Å². The number of nitrogens with zero attached hydrogens (tertiary/aromatic N) is 2. The second-order valence-electron chi connectivity index (χ2n) is 18.3. The van der Waals surface area contributed by atoms with Crippen LogP contribution in [0.5, 0.6) is 0 Å². The highest BCUT2D eigenvalue weighted by atomic mass is 32.2. The average Bonchev–Trinajstić information content (AvgIpc) is 3.95. The van der Waals surface area contributed by atoms with Gasteiger partial charge in [0.25, 0.3) is 0 Å². The second-order valence-corrected chi connectivity index (χ2v) is 20.4. The molecule has 2 heterocycles. The van der Waals surface area contributed by atoms with E-state index in [-0.39, 0.29) is 0 Å². The summed E-state index contributed by atoms with van der Waals surface area (Å²) in [7, 11) is 0. The van der Waals surface area contributed by atoms with Crippen molar-refractivity contribution < 1.29 is 0 Å². The molecule has 1 aliphatic heterocycles. The van der Waals surface area contributed by atoms with Gasteiger partial charge < -0.3 is 9.80 Å². The molecular weight excluding hydrogens is 897 g/mol. The van der Waals surface area contributed by atoms with Crippen molar-refractivity contribution in [3.05, 3.63) is 289 Å². The molecule has 1 unspecified atom stereocenters. The van der Waals surface area contributed by atoms with E-state index in [1.54, 1.807) is 0 Å². The highest BCUT2D eigenvalue weighted by Gasteiger charge is 2.50. The first-order valence-corrected chi connectivity index (χ1v) is 25.7. The SMILES string of the molecule is c1ccc2c(c#1)C1(c3ccccc3S2)c2ccccc2-c2cc(N(c3ccccc3)c3ccc4c(c3)sc3cc(N(c5ccc(-c6ccccc6)cc5)c5ccc(-c6ccccc6)cc5)ccc34)ccc21. The summed E-state index contributed by atoms with van der Waals surface area (Å²) in [6.45, 7) is 0. The van der Waals surface area contributed by atoms with Crippen molar-refractivity contribution in [2.24, 2.45) is 0 Å². The Hall–Kier alpha value is -8.59. The van der Waals surface area contributed by atoms with Crippen LogP contribution in [0.25, 0.3) is 53.6 Å². The molecule has 0 bridgehead atoms. The van der Waals surface area contributed by atoms with Gasteiger partial charge in [0, 0.05) is 69.7 Å². The molecule has 332 valence electrons. The molecule has 4 heteroatoms. The van der Waals surface area contributed by atoms with Crippen molar-refractivity contribution in [1.82, 2.24) is 0 Å². The summed E-state index contributed by atoms with van der Waals surface area (Å²) in [5, 5.41) is 2.51. The molecular formula is C67H42N2S2. The van der Waals surface area contributed by atoms with Crippen LogP contribution in [-0.2, 0) is 5.41 Å². The lowest BCUT2D eigenvalue weighted by Crippen LogP contribution is -2.31. The predicted octanol–water partition coefficient (Wildman–Crippen LogP) is 18.8. The van der Waals surface area contributed by atoms with E-state index in [9.17, 15) is 0 Å². The largest absolute Gasteiger partial charge is 0.310 e. The lowest BCUT2D eigenvalue weighted by molar-refractivity contribution is 0.723. The Morgan fingerprint density at radius 3 is 1.44 bits per heavy atom. The molecule has 0 amide bonds. The van der Waals surface area contributed by atoms with Crippen LogP contribution in [0.2, 0.25) is 0 Å². The molecule has 0 saturated heterocycles. The van der Waals surface area contributed by atoms with Gasteiger partial charge in [-0.15, -0.1) is 11.3 Å². The molecule has 12 aromatic rings. The van der Waals surface area contributed by atoms with Gasteiger partial charge in [0.2, 0.25) is 0 Å². The van der Waals surface area contributed by atoms with Gasteiger partial charge in [-0.25, -0.2) is 0 Å². The van der Waals surface area contributed by atoms with Crippen LogP contribution in [0.4, 0.5) is 34.1 Å². The normalized spacial score (nSPS) is 12.7. The summed E-state index contributed by atoms with van der Waals surface area (Å²) in [4.78, 5) is 7.31. The quantitative estimate of drug-likeness (QED) is 0.150. The number of thiophene rings is 1. The molecule has 0 radical (unpaired) electrons. The average molecular weight is 939 g/mol. The number of para-hydroxylation sites is 1. The Balaban J connectivity index is 0.881. The van der Waals surface area contributed by atoms with E-state index in [1.165, 1.54) is 85.6 Å². The summed E-state index contributed by atoms with van der Waals surface area (Å²) in [5.74, 6) is 0. The molecule has 0 N–H and O–H groups in total. The van der Waals surface area contributed by atoms with Crippen LogP contribution in [0.15, 0.2) is 265 Å². The van der Waals surface area contributed by atoms with E-state index in [2.05, 4.69) is 271 Å². The van der Waals surface area contributed by atoms with Gasteiger partial charge in [-0.1, -0.05) is 188 Å². The third kappa shape index (κ3) is 6.73. The summed E-state index contributed by atoms with van der Waals surface area (Å²) in [6.07, 6.45) is 0. The lowest BCUT2D eigenvalue weighted by atomic mass is 9.68. The first kappa shape index (κ1) is 41.4. The molecule has 2 aliphatic rings. The van der Waals surface area contributed by atoms with E-state index in [0.717, 1.165) is 34.1 Å². The van der Waals surface area contributed by atoms with E-state index in [1.807, 2.05) is 29.2 Å². The van der Waals surface area contributed by atoms with Crippen molar-refractivity contribution in [3.8, 4) is 33.4 Å². The van der Waals surface area contributed by atoms with Crippen molar-refractivity contribution in [2.75, 3.05) is 9.80 Å². The van der Waals surface area contributed by atoms with Crippen molar-refractivity contribution >= 4 is 77.4 Å². The molecule has 1 atom stereocenters. The van der Waals surface area contributed by atoms with E-state index >= 15 is 0 Å². The number of fused-ring (bicyclic) bond motifs is 12. The minimum Gasteiger partial charge on any atom is -0.310 e. The molecule has 14 rings (SSSR count). The van der Waals surface area contributed by atoms with Crippen LogP contribution in [0.3, 0.4) is 0 Å². The van der Waals surface area contributed by atoms with Gasteiger partial charge in [-0.3, -0.25) is 0 Å². The smallest absolute Gasteiger partial charge is 0.0814 e. The van der Waals surface area contributed by atoms with Gasteiger partial charge in [0.1, 0.15) is 0 Å². The fourth-order valence-electron chi connectivity index (χ4n) is 11.2. The van der Waals surface area contributed by atoms with E-state index < -0.39 is 5.41 Å². The monoisotopic (exact) mass is 938 g/mol. The molecule has 1 aliphatic carbocycles. The number of anilines is 6. The Bertz CT molecular complexity index is 3830. The van der Waals surface area contributed by atoms with Crippen LogP contribution in [0, 0.1) is 12.1 Å². The maximum atomic E-state index is 3.64. The molecule has 1 spiro atoms. The van der Waals surface area contributed by atoms with Crippen LogP contribution >= 0.6 is 23.1 Å². The van der Waals surface area contributed by atoms with Gasteiger partial charge in [-0.05, 0) is 141 Å². The number of hydrogen-bond acceptors (Lipinski definition) is 4. The first-order chi connectivity index (χ1) is 35.2. The zero-order valence-corrected chi connectivity index (χ0v) is 40.1. The molecule has 71 heavy (non-hydrogen) atoms. The van der Waals surface area contributed by atoms with E-state index in [0.29, 0.717) is 0 Å². The predicted molar refractivity (Wildman–Crippen MR) is 299 cm³/mol. The van der Waals surface area contributed by atoms with Gasteiger partial charge in [0.05, 0.1) is 5.41 Å². The molecule has 0 fully saturated rings. The van der Waals surface area contributed by atoms with Gasteiger partial charge >= 0.3 is 0 Å².